The Morgan fingerprint density at radius 1 is 1.10 bits per heavy atom. The van der Waals surface area contributed by atoms with Gasteiger partial charge in [0.1, 0.15) is 0 Å². The zero-order chi connectivity index (χ0) is 7.56. The number of methoxy groups -OCH3 is 2. The zero-order valence-electron chi connectivity index (χ0n) is 6.34. The number of rotatable bonds is 2. The molecule has 2 atom stereocenters. The van der Waals surface area contributed by atoms with Crippen LogP contribution in [0.5, 0.6) is 0 Å². The van der Waals surface area contributed by atoms with Gasteiger partial charge in [0.2, 0.25) is 0 Å². The van der Waals surface area contributed by atoms with Gasteiger partial charge < -0.3 is 9.47 Å². The van der Waals surface area contributed by atoms with Crippen LogP contribution < -0.4 is 0 Å². The molecule has 3 heteroatoms. The lowest BCUT2D eigenvalue weighted by Crippen LogP contribution is -2.23. The van der Waals surface area contributed by atoms with Crippen molar-refractivity contribution in [1.82, 2.24) is 0 Å². The molecule has 0 heterocycles. The number of ether oxygens (including phenoxy) is 2. The van der Waals surface area contributed by atoms with Crippen molar-refractivity contribution in [2.75, 3.05) is 14.2 Å². The summed E-state index contributed by atoms with van der Waals surface area (Å²) >= 11 is 3.54. The van der Waals surface area contributed by atoms with Crippen LogP contribution in [0, 0.1) is 0 Å². The van der Waals surface area contributed by atoms with Gasteiger partial charge in [-0.05, 0) is 12.8 Å². The number of hydrogen-bond donors (Lipinski definition) is 0. The van der Waals surface area contributed by atoms with Gasteiger partial charge in [-0.2, -0.15) is 0 Å². The molecule has 1 fully saturated rings. The summed E-state index contributed by atoms with van der Waals surface area (Å²) in [6.45, 7) is 0. The van der Waals surface area contributed by atoms with Gasteiger partial charge in [0.15, 0.2) is 0 Å². The third kappa shape index (κ3) is 1.71. The fraction of sp³-hybridized carbons (Fsp3) is 1.00. The summed E-state index contributed by atoms with van der Waals surface area (Å²) in [6, 6.07) is 0. The summed E-state index contributed by atoms with van der Waals surface area (Å²) < 4.78 is 10.5. The lowest BCUT2D eigenvalue weighted by molar-refractivity contribution is -0.0157. The molecule has 1 saturated carbocycles. The highest BCUT2D eigenvalue weighted by Gasteiger charge is 2.32. The van der Waals surface area contributed by atoms with Crippen LogP contribution in [0.4, 0.5) is 0 Å². The molecule has 1 aliphatic rings. The van der Waals surface area contributed by atoms with Crippen LogP contribution in [-0.2, 0) is 9.47 Å². The van der Waals surface area contributed by atoms with Crippen LogP contribution in [0.3, 0.4) is 0 Å². The zero-order valence-corrected chi connectivity index (χ0v) is 7.93. The van der Waals surface area contributed by atoms with E-state index < -0.39 is 0 Å². The maximum absolute atomic E-state index is 5.23. The molecule has 0 amide bonds. The highest BCUT2D eigenvalue weighted by atomic mass is 79.9. The molecule has 60 valence electrons. The van der Waals surface area contributed by atoms with E-state index in [2.05, 4.69) is 15.9 Å². The molecule has 1 rings (SSSR count). The fourth-order valence-corrected chi connectivity index (χ4v) is 2.14. The average Bonchev–Trinajstić information content (AvgIpc) is 2.30. The molecule has 0 N–H and O–H groups in total. The average molecular weight is 209 g/mol. The molecule has 1 aliphatic carbocycles. The van der Waals surface area contributed by atoms with Crippen LogP contribution in [-0.4, -0.2) is 31.3 Å². The maximum atomic E-state index is 5.23. The minimum Gasteiger partial charge on any atom is -0.379 e. The molecular formula is C7H13BrO2. The van der Waals surface area contributed by atoms with E-state index in [1.54, 1.807) is 14.2 Å². The molecule has 0 aromatic heterocycles. The number of halogens is 1. The summed E-state index contributed by atoms with van der Waals surface area (Å²) in [5.74, 6) is 0. The summed E-state index contributed by atoms with van der Waals surface area (Å²) in [4.78, 5) is 0.572. The highest BCUT2D eigenvalue weighted by Crippen LogP contribution is 2.29. The summed E-state index contributed by atoms with van der Waals surface area (Å²) in [5, 5.41) is 0. The van der Waals surface area contributed by atoms with E-state index in [0.717, 1.165) is 12.8 Å². The monoisotopic (exact) mass is 208 g/mol. The molecular weight excluding hydrogens is 196 g/mol. The van der Waals surface area contributed by atoms with E-state index in [0.29, 0.717) is 4.83 Å². The van der Waals surface area contributed by atoms with Crippen molar-refractivity contribution >= 4 is 15.9 Å². The molecule has 0 radical (unpaired) electrons. The summed E-state index contributed by atoms with van der Waals surface area (Å²) in [7, 11) is 3.48. The fourth-order valence-electron chi connectivity index (χ4n) is 1.40. The van der Waals surface area contributed by atoms with Gasteiger partial charge in [-0.1, -0.05) is 15.9 Å². The Morgan fingerprint density at radius 3 is 1.80 bits per heavy atom. The largest absolute Gasteiger partial charge is 0.379 e. The van der Waals surface area contributed by atoms with Crippen molar-refractivity contribution in [1.29, 1.82) is 0 Å². The Hall–Kier alpha value is 0.400. The predicted molar refractivity (Wildman–Crippen MR) is 43.5 cm³/mol. The van der Waals surface area contributed by atoms with Gasteiger partial charge in [0.25, 0.3) is 0 Å². The van der Waals surface area contributed by atoms with E-state index in [-0.39, 0.29) is 12.2 Å². The highest BCUT2D eigenvalue weighted by molar-refractivity contribution is 9.09. The molecule has 0 saturated heterocycles. The minimum atomic E-state index is 0.286. The van der Waals surface area contributed by atoms with E-state index in [1.807, 2.05) is 0 Å². The normalized spacial score (nSPS) is 35.1. The van der Waals surface area contributed by atoms with Gasteiger partial charge in [-0.15, -0.1) is 0 Å². The van der Waals surface area contributed by atoms with Crippen molar-refractivity contribution in [3.63, 3.8) is 0 Å². The van der Waals surface area contributed by atoms with Crippen LogP contribution in [0.1, 0.15) is 12.8 Å². The van der Waals surface area contributed by atoms with E-state index in [1.165, 1.54) is 0 Å². The van der Waals surface area contributed by atoms with Crippen molar-refractivity contribution in [2.45, 2.75) is 29.9 Å². The van der Waals surface area contributed by atoms with E-state index >= 15 is 0 Å². The third-order valence-electron chi connectivity index (χ3n) is 2.00. The standard InChI is InChI=1S/C7H13BrO2/c1-9-6-3-5(8)4-7(6)10-2/h5-7H,3-4H2,1-2H3/t6-,7-/m1/s1. The van der Waals surface area contributed by atoms with E-state index in [4.69, 9.17) is 9.47 Å². The van der Waals surface area contributed by atoms with Crippen molar-refractivity contribution in [2.24, 2.45) is 0 Å². The van der Waals surface area contributed by atoms with E-state index in [9.17, 15) is 0 Å². The molecule has 0 bridgehead atoms. The second-order valence-electron chi connectivity index (χ2n) is 2.62. The Balaban J connectivity index is 2.41. The molecule has 10 heavy (non-hydrogen) atoms. The van der Waals surface area contributed by atoms with Crippen LogP contribution in [0.15, 0.2) is 0 Å². The van der Waals surface area contributed by atoms with Crippen molar-refractivity contribution < 1.29 is 9.47 Å². The Bertz CT molecular complexity index is 95.8. The van der Waals surface area contributed by atoms with Gasteiger partial charge in [-0.25, -0.2) is 0 Å². The summed E-state index contributed by atoms with van der Waals surface area (Å²) in [6.07, 6.45) is 2.70. The molecule has 0 aromatic rings. The van der Waals surface area contributed by atoms with Gasteiger partial charge in [-0.3, -0.25) is 0 Å². The van der Waals surface area contributed by atoms with Crippen LogP contribution in [0.25, 0.3) is 0 Å². The molecule has 2 nitrogen and oxygen atoms in total. The summed E-state index contributed by atoms with van der Waals surface area (Å²) in [5.41, 5.74) is 0. The smallest absolute Gasteiger partial charge is 0.0843 e. The SMILES string of the molecule is CO[C@@H]1CC(Br)C[C@H]1OC. The molecule has 0 spiro atoms. The Kier molecular flexibility index (Phi) is 3.14. The lowest BCUT2D eigenvalue weighted by atomic mass is 10.3. The first-order valence-corrected chi connectivity index (χ1v) is 4.39. The second-order valence-corrected chi connectivity index (χ2v) is 3.91. The lowest BCUT2D eigenvalue weighted by Gasteiger charge is -2.15. The maximum Gasteiger partial charge on any atom is 0.0843 e. The van der Waals surface area contributed by atoms with Crippen LogP contribution >= 0.6 is 15.9 Å². The first-order valence-electron chi connectivity index (χ1n) is 3.47. The number of alkyl halides is 1. The van der Waals surface area contributed by atoms with Crippen LogP contribution in [0.2, 0.25) is 0 Å². The van der Waals surface area contributed by atoms with Gasteiger partial charge >= 0.3 is 0 Å². The Labute approximate surface area is 70.0 Å². The van der Waals surface area contributed by atoms with Crippen molar-refractivity contribution in [3.05, 3.63) is 0 Å². The quantitative estimate of drug-likeness (QED) is 0.642. The molecule has 0 unspecified atom stereocenters. The van der Waals surface area contributed by atoms with Crippen molar-refractivity contribution in [3.8, 4) is 0 Å². The van der Waals surface area contributed by atoms with Gasteiger partial charge in [0, 0.05) is 19.0 Å². The number of hydrogen-bond acceptors (Lipinski definition) is 2. The first-order chi connectivity index (χ1) is 4.77. The topological polar surface area (TPSA) is 18.5 Å². The third-order valence-corrected chi connectivity index (χ3v) is 2.74. The minimum absolute atomic E-state index is 0.286. The predicted octanol–water partition coefficient (Wildman–Crippen LogP) is 1.57. The van der Waals surface area contributed by atoms with Gasteiger partial charge in [0.05, 0.1) is 12.2 Å². The Morgan fingerprint density at radius 2 is 1.50 bits per heavy atom. The molecule has 0 aliphatic heterocycles. The molecule has 0 aromatic carbocycles. The first kappa shape index (κ1) is 8.50. The second kappa shape index (κ2) is 3.69.